The minimum atomic E-state index is -0.467. The lowest BCUT2D eigenvalue weighted by Crippen LogP contribution is -2.48. The number of nitrogens with two attached hydrogens (primary N) is 1. The number of amides is 1. The summed E-state index contributed by atoms with van der Waals surface area (Å²) in [7, 11) is 0. The maximum Gasteiger partial charge on any atom is 0.223 e. The maximum absolute atomic E-state index is 12.0. The molecular formula is C13H24N2O3. The van der Waals surface area contributed by atoms with E-state index in [2.05, 4.69) is 5.32 Å². The number of aliphatic hydroxyl groups is 1. The van der Waals surface area contributed by atoms with Gasteiger partial charge in [0.2, 0.25) is 5.91 Å². The van der Waals surface area contributed by atoms with E-state index in [1.807, 2.05) is 0 Å². The summed E-state index contributed by atoms with van der Waals surface area (Å²) < 4.78 is 5.47. The third-order valence-electron chi connectivity index (χ3n) is 4.20. The minimum Gasteiger partial charge on any atom is -0.394 e. The van der Waals surface area contributed by atoms with Gasteiger partial charge in [-0.05, 0) is 38.5 Å². The third-order valence-corrected chi connectivity index (χ3v) is 4.20. The Morgan fingerprint density at radius 3 is 2.67 bits per heavy atom. The molecule has 1 unspecified atom stereocenters. The first-order valence-electron chi connectivity index (χ1n) is 6.92. The standard InChI is InChI=1S/C13H24N2O3/c14-13(9-16)5-3-10(4-6-13)12(17)15-8-11-2-1-7-18-11/h10-11,16H,1-9,14H2,(H,15,17). The van der Waals surface area contributed by atoms with Crippen LogP contribution in [0.4, 0.5) is 0 Å². The predicted molar refractivity (Wildman–Crippen MR) is 67.9 cm³/mol. The Balaban J connectivity index is 1.70. The number of carbonyl (C=O) groups excluding carboxylic acids is 1. The average molecular weight is 256 g/mol. The van der Waals surface area contributed by atoms with E-state index in [-0.39, 0.29) is 24.5 Å². The molecule has 5 nitrogen and oxygen atoms in total. The van der Waals surface area contributed by atoms with E-state index in [0.29, 0.717) is 6.54 Å². The van der Waals surface area contributed by atoms with Crippen LogP contribution in [0.15, 0.2) is 0 Å². The van der Waals surface area contributed by atoms with Crippen molar-refractivity contribution in [3.63, 3.8) is 0 Å². The van der Waals surface area contributed by atoms with Gasteiger partial charge in [-0.3, -0.25) is 4.79 Å². The van der Waals surface area contributed by atoms with Crippen LogP contribution in [0.2, 0.25) is 0 Å². The zero-order valence-corrected chi connectivity index (χ0v) is 10.9. The Morgan fingerprint density at radius 2 is 2.11 bits per heavy atom. The molecule has 1 amide bonds. The summed E-state index contributed by atoms with van der Waals surface area (Å²) in [5.41, 5.74) is 5.53. The summed E-state index contributed by atoms with van der Waals surface area (Å²) in [4.78, 5) is 12.0. The van der Waals surface area contributed by atoms with Crippen molar-refractivity contribution in [2.24, 2.45) is 11.7 Å². The van der Waals surface area contributed by atoms with Crippen LogP contribution in [0.1, 0.15) is 38.5 Å². The normalized spacial score (nSPS) is 36.6. The van der Waals surface area contributed by atoms with Crippen molar-refractivity contribution in [3.8, 4) is 0 Å². The van der Waals surface area contributed by atoms with Crippen LogP contribution >= 0.6 is 0 Å². The lowest BCUT2D eigenvalue weighted by atomic mass is 9.77. The van der Waals surface area contributed by atoms with Crippen molar-refractivity contribution in [1.82, 2.24) is 5.32 Å². The van der Waals surface area contributed by atoms with E-state index >= 15 is 0 Å². The zero-order chi connectivity index (χ0) is 13.0. The number of rotatable bonds is 4. The summed E-state index contributed by atoms with van der Waals surface area (Å²) in [5.74, 6) is 0.167. The molecule has 1 saturated carbocycles. The Bertz CT molecular complexity index is 282. The molecule has 0 aromatic heterocycles. The van der Waals surface area contributed by atoms with Crippen LogP contribution in [-0.2, 0) is 9.53 Å². The van der Waals surface area contributed by atoms with Crippen molar-refractivity contribution in [2.45, 2.75) is 50.2 Å². The SMILES string of the molecule is NC1(CO)CCC(C(=O)NCC2CCCO2)CC1. The second-order valence-electron chi connectivity index (χ2n) is 5.67. The largest absolute Gasteiger partial charge is 0.394 e. The minimum absolute atomic E-state index is 0.0112. The number of hydrogen-bond acceptors (Lipinski definition) is 4. The van der Waals surface area contributed by atoms with Crippen molar-refractivity contribution in [2.75, 3.05) is 19.8 Å². The molecule has 0 aromatic rings. The Hall–Kier alpha value is -0.650. The van der Waals surface area contributed by atoms with Crippen molar-refractivity contribution >= 4 is 5.91 Å². The molecule has 1 aliphatic carbocycles. The molecule has 2 aliphatic rings. The molecule has 0 spiro atoms. The summed E-state index contributed by atoms with van der Waals surface area (Å²) in [6, 6.07) is 0. The lowest BCUT2D eigenvalue weighted by molar-refractivity contribution is -0.127. The molecule has 0 bridgehead atoms. The average Bonchev–Trinajstić information content (AvgIpc) is 2.90. The third kappa shape index (κ3) is 3.43. The molecule has 2 rings (SSSR count). The lowest BCUT2D eigenvalue weighted by Gasteiger charge is -2.35. The first kappa shape index (κ1) is 13.8. The van der Waals surface area contributed by atoms with Gasteiger partial charge >= 0.3 is 0 Å². The van der Waals surface area contributed by atoms with Gasteiger partial charge in [-0.2, -0.15) is 0 Å². The Labute approximate surface area is 108 Å². The highest BCUT2D eigenvalue weighted by molar-refractivity contribution is 5.78. The van der Waals surface area contributed by atoms with Crippen LogP contribution in [0.3, 0.4) is 0 Å². The van der Waals surface area contributed by atoms with E-state index in [0.717, 1.165) is 45.1 Å². The number of aliphatic hydroxyl groups excluding tert-OH is 1. The molecule has 1 atom stereocenters. The van der Waals surface area contributed by atoms with Gasteiger partial charge < -0.3 is 20.9 Å². The smallest absolute Gasteiger partial charge is 0.223 e. The highest BCUT2D eigenvalue weighted by Crippen LogP contribution is 2.30. The molecule has 5 heteroatoms. The predicted octanol–water partition coefficient (Wildman–Crippen LogP) is 0.162. The Morgan fingerprint density at radius 1 is 1.39 bits per heavy atom. The fraction of sp³-hybridized carbons (Fsp3) is 0.923. The van der Waals surface area contributed by atoms with Crippen molar-refractivity contribution in [3.05, 3.63) is 0 Å². The van der Waals surface area contributed by atoms with Crippen molar-refractivity contribution in [1.29, 1.82) is 0 Å². The quantitative estimate of drug-likeness (QED) is 0.669. The van der Waals surface area contributed by atoms with Crippen LogP contribution < -0.4 is 11.1 Å². The van der Waals surface area contributed by atoms with Gasteiger partial charge in [0.25, 0.3) is 0 Å². The molecule has 1 aliphatic heterocycles. The topological polar surface area (TPSA) is 84.6 Å². The van der Waals surface area contributed by atoms with Gasteiger partial charge in [-0.1, -0.05) is 0 Å². The summed E-state index contributed by atoms with van der Waals surface area (Å²) in [6.07, 6.45) is 5.33. The number of hydrogen-bond donors (Lipinski definition) is 3. The van der Waals surface area contributed by atoms with E-state index in [1.165, 1.54) is 0 Å². The zero-order valence-electron chi connectivity index (χ0n) is 10.9. The fourth-order valence-electron chi connectivity index (χ4n) is 2.78. The first-order valence-corrected chi connectivity index (χ1v) is 6.92. The monoisotopic (exact) mass is 256 g/mol. The van der Waals surface area contributed by atoms with Gasteiger partial charge in [0.15, 0.2) is 0 Å². The molecule has 1 heterocycles. The van der Waals surface area contributed by atoms with Gasteiger partial charge in [-0.15, -0.1) is 0 Å². The van der Waals surface area contributed by atoms with Crippen LogP contribution in [0, 0.1) is 5.92 Å². The van der Waals surface area contributed by atoms with Gasteiger partial charge in [0, 0.05) is 24.6 Å². The number of carbonyl (C=O) groups is 1. The fourth-order valence-corrected chi connectivity index (χ4v) is 2.78. The van der Waals surface area contributed by atoms with E-state index < -0.39 is 5.54 Å². The second-order valence-corrected chi connectivity index (χ2v) is 5.67. The van der Waals surface area contributed by atoms with E-state index in [9.17, 15) is 9.90 Å². The van der Waals surface area contributed by atoms with Gasteiger partial charge in [0.1, 0.15) is 0 Å². The molecular weight excluding hydrogens is 232 g/mol. The highest BCUT2D eigenvalue weighted by atomic mass is 16.5. The molecule has 0 radical (unpaired) electrons. The second kappa shape index (κ2) is 5.99. The summed E-state index contributed by atoms with van der Waals surface area (Å²) >= 11 is 0. The summed E-state index contributed by atoms with van der Waals surface area (Å²) in [6.45, 7) is 1.45. The van der Waals surface area contributed by atoms with Crippen LogP contribution in [-0.4, -0.2) is 42.4 Å². The molecule has 0 aromatic carbocycles. The molecule has 1 saturated heterocycles. The van der Waals surface area contributed by atoms with Gasteiger partial charge in [0.05, 0.1) is 12.7 Å². The maximum atomic E-state index is 12.0. The number of ether oxygens (including phenoxy) is 1. The molecule has 4 N–H and O–H groups in total. The summed E-state index contributed by atoms with van der Waals surface area (Å²) in [5, 5.41) is 12.2. The van der Waals surface area contributed by atoms with E-state index in [4.69, 9.17) is 10.5 Å². The highest BCUT2D eigenvalue weighted by Gasteiger charge is 2.34. The van der Waals surface area contributed by atoms with Gasteiger partial charge in [-0.25, -0.2) is 0 Å². The van der Waals surface area contributed by atoms with Crippen molar-refractivity contribution < 1.29 is 14.6 Å². The number of nitrogens with one attached hydrogen (secondary N) is 1. The molecule has 104 valence electrons. The molecule has 18 heavy (non-hydrogen) atoms. The Kier molecular flexibility index (Phi) is 4.59. The van der Waals surface area contributed by atoms with E-state index in [1.54, 1.807) is 0 Å². The van der Waals surface area contributed by atoms with Crippen LogP contribution in [0.5, 0.6) is 0 Å². The molecule has 2 fully saturated rings. The van der Waals surface area contributed by atoms with Crippen LogP contribution in [0.25, 0.3) is 0 Å². The first-order chi connectivity index (χ1) is 8.63.